The van der Waals surface area contributed by atoms with Crippen molar-refractivity contribution in [2.45, 2.75) is 25.9 Å². The van der Waals surface area contributed by atoms with E-state index in [2.05, 4.69) is 25.2 Å². The van der Waals surface area contributed by atoms with E-state index in [0.717, 1.165) is 30.8 Å². The lowest BCUT2D eigenvalue weighted by Crippen LogP contribution is -2.33. The van der Waals surface area contributed by atoms with Crippen LogP contribution in [0.1, 0.15) is 37.0 Å². The normalized spacial score (nSPS) is 21.3. The van der Waals surface area contributed by atoms with Crippen LogP contribution in [-0.2, 0) is 4.74 Å². The Morgan fingerprint density at radius 3 is 2.81 bits per heavy atom. The highest BCUT2D eigenvalue weighted by molar-refractivity contribution is 5.36. The van der Waals surface area contributed by atoms with Crippen LogP contribution in [0.3, 0.4) is 0 Å². The summed E-state index contributed by atoms with van der Waals surface area (Å²) in [5.74, 6) is 0.748. The summed E-state index contributed by atoms with van der Waals surface area (Å²) in [4.78, 5) is 0. The van der Waals surface area contributed by atoms with Crippen LogP contribution < -0.4 is 5.32 Å². The van der Waals surface area contributed by atoms with Gasteiger partial charge in [0, 0.05) is 13.1 Å². The summed E-state index contributed by atoms with van der Waals surface area (Å²) in [6.45, 7) is 6.71. The summed E-state index contributed by atoms with van der Waals surface area (Å²) >= 11 is 0. The van der Waals surface area contributed by atoms with E-state index in [9.17, 15) is 5.11 Å². The van der Waals surface area contributed by atoms with Gasteiger partial charge in [0.05, 0.1) is 12.7 Å². The van der Waals surface area contributed by atoms with E-state index in [-0.39, 0.29) is 6.10 Å². The van der Waals surface area contributed by atoms with Crippen molar-refractivity contribution in [3.8, 4) is 5.75 Å². The van der Waals surface area contributed by atoms with Gasteiger partial charge in [0.25, 0.3) is 0 Å². The van der Waals surface area contributed by atoms with Crippen LogP contribution in [0, 0.1) is 0 Å². The molecule has 1 unspecified atom stereocenters. The third-order valence-corrected chi connectivity index (χ3v) is 2.93. The Hall–Kier alpha value is -1.06. The lowest BCUT2D eigenvalue weighted by atomic mass is 9.98. The minimum Gasteiger partial charge on any atom is -0.508 e. The smallest absolute Gasteiger partial charge is 0.116 e. The molecule has 2 rings (SSSR count). The summed E-state index contributed by atoms with van der Waals surface area (Å²) in [7, 11) is 0. The molecule has 3 nitrogen and oxygen atoms in total. The van der Waals surface area contributed by atoms with Crippen molar-refractivity contribution in [2.75, 3.05) is 19.7 Å². The lowest BCUT2D eigenvalue weighted by Gasteiger charge is -2.24. The zero-order chi connectivity index (χ0) is 11.5. The first-order chi connectivity index (χ1) is 7.66. The topological polar surface area (TPSA) is 41.5 Å². The summed E-state index contributed by atoms with van der Waals surface area (Å²) in [5.41, 5.74) is 2.22. The molecule has 3 heteroatoms. The van der Waals surface area contributed by atoms with Crippen LogP contribution in [0.4, 0.5) is 0 Å². The molecule has 1 aromatic rings. The van der Waals surface area contributed by atoms with Crippen LogP contribution in [-0.4, -0.2) is 24.8 Å². The summed E-state index contributed by atoms with van der Waals surface area (Å²) in [6.07, 6.45) is 0.0679. The van der Waals surface area contributed by atoms with Gasteiger partial charge in [0.1, 0.15) is 5.75 Å². The average molecular weight is 221 g/mol. The van der Waals surface area contributed by atoms with Gasteiger partial charge in [-0.1, -0.05) is 19.9 Å². The number of hydrogen-bond donors (Lipinski definition) is 2. The second-order valence-electron chi connectivity index (χ2n) is 4.58. The highest BCUT2D eigenvalue weighted by Gasteiger charge is 2.17. The highest BCUT2D eigenvalue weighted by atomic mass is 16.5. The number of ether oxygens (including phenoxy) is 1. The minimum absolute atomic E-state index is 0.0679. The Morgan fingerprint density at radius 1 is 1.38 bits per heavy atom. The van der Waals surface area contributed by atoms with Crippen molar-refractivity contribution >= 4 is 0 Å². The molecule has 1 atom stereocenters. The summed E-state index contributed by atoms with van der Waals surface area (Å²) in [6, 6.07) is 5.75. The van der Waals surface area contributed by atoms with Crippen molar-refractivity contribution < 1.29 is 9.84 Å². The number of morpholine rings is 1. The number of nitrogens with one attached hydrogen (secondary N) is 1. The standard InChI is InChI=1S/C13H19NO2/c1-9(2)10-5-11(7-12(15)6-10)13-8-14-3-4-16-13/h5-7,9,13-15H,3-4,8H2,1-2H3. The number of aromatic hydroxyl groups is 1. The Labute approximate surface area is 96.4 Å². The number of rotatable bonds is 2. The predicted octanol–water partition coefficient (Wildman–Crippen LogP) is 2.18. The first-order valence-electron chi connectivity index (χ1n) is 5.83. The van der Waals surface area contributed by atoms with E-state index in [1.807, 2.05) is 6.07 Å². The van der Waals surface area contributed by atoms with Crippen LogP contribution >= 0.6 is 0 Å². The highest BCUT2D eigenvalue weighted by Crippen LogP contribution is 2.27. The quantitative estimate of drug-likeness (QED) is 0.804. The van der Waals surface area contributed by atoms with Gasteiger partial charge in [0.2, 0.25) is 0 Å². The third-order valence-electron chi connectivity index (χ3n) is 2.93. The SMILES string of the molecule is CC(C)c1cc(O)cc(C2CNCCO2)c1. The molecule has 1 aliphatic heterocycles. The van der Waals surface area contributed by atoms with Gasteiger partial charge in [-0.05, 0) is 29.2 Å². The van der Waals surface area contributed by atoms with Crippen LogP contribution in [0.25, 0.3) is 0 Å². The van der Waals surface area contributed by atoms with Gasteiger partial charge in [-0.25, -0.2) is 0 Å². The van der Waals surface area contributed by atoms with E-state index < -0.39 is 0 Å². The van der Waals surface area contributed by atoms with Crippen LogP contribution in [0.5, 0.6) is 5.75 Å². The maximum absolute atomic E-state index is 9.70. The Kier molecular flexibility index (Phi) is 3.46. The van der Waals surface area contributed by atoms with Gasteiger partial charge in [-0.15, -0.1) is 0 Å². The van der Waals surface area contributed by atoms with Crippen molar-refractivity contribution in [1.82, 2.24) is 5.32 Å². The first-order valence-corrected chi connectivity index (χ1v) is 5.83. The van der Waals surface area contributed by atoms with Gasteiger partial charge in [-0.3, -0.25) is 0 Å². The molecule has 88 valence electrons. The van der Waals surface area contributed by atoms with E-state index in [4.69, 9.17) is 4.74 Å². The van der Waals surface area contributed by atoms with Gasteiger partial charge >= 0.3 is 0 Å². The fourth-order valence-electron chi connectivity index (χ4n) is 1.96. The Morgan fingerprint density at radius 2 is 2.19 bits per heavy atom. The Bertz CT molecular complexity index is 357. The van der Waals surface area contributed by atoms with Crippen molar-refractivity contribution in [3.05, 3.63) is 29.3 Å². The molecular weight excluding hydrogens is 202 g/mol. The second kappa shape index (κ2) is 4.85. The third kappa shape index (κ3) is 2.54. The summed E-state index contributed by atoms with van der Waals surface area (Å²) < 4.78 is 5.68. The lowest BCUT2D eigenvalue weighted by molar-refractivity contribution is 0.0275. The molecule has 0 bridgehead atoms. The van der Waals surface area contributed by atoms with Gasteiger partial charge in [0.15, 0.2) is 0 Å². The van der Waals surface area contributed by atoms with E-state index in [0.29, 0.717) is 11.7 Å². The first kappa shape index (κ1) is 11.4. The molecule has 1 fully saturated rings. The molecular formula is C13H19NO2. The van der Waals surface area contributed by atoms with E-state index >= 15 is 0 Å². The summed E-state index contributed by atoms with van der Waals surface area (Å²) in [5, 5.41) is 13.0. The number of phenols is 1. The number of hydrogen-bond acceptors (Lipinski definition) is 3. The fourth-order valence-corrected chi connectivity index (χ4v) is 1.96. The van der Waals surface area contributed by atoms with E-state index in [1.54, 1.807) is 6.07 Å². The molecule has 16 heavy (non-hydrogen) atoms. The monoisotopic (exact) mass is 221 g/mol. The minimum atomic E-state index is 0.0679. The van der Waals surface area contributed by atoms with Crippen LogP contribution in [0.2, 0.25) is 0 Å². The van der Waals surface area contributed by atoms with Crippen molar-refractivity contribution in [3.63, 3.8) is 0 Å². The second-order valence-corrected chi connectivity index (χ2v) is 4.58. The molecule has 0 saturated carbocycles. The van der Waals surface area contributed by atoms with Gasteiger partial charge < -0.3 is 15.2 Å². The molecule has 1 aliphatic rings. The molecule has 1 aromatic carbocycles. The average Bonchev–Trinajstić information content (AvgIpc) is 2.29. The molecule has 1 heterocycles. The predicted molar refractivity (Wildman–Crippen MR) is 63.8 cm³/mol. The maximum Gasteiger partial charge on any atom is 0.116 e. The van der Waals surface area contributed by atoms with E-state index in [1.165, 1.54) is 0 Å². The molecule has 0 radical (unpaired) electrons. The number of phenolic OH excluding ortho intramolecular Hbond substituents is 1. The zero-order valence-electron chi connectivity index (χ0n) is 9.86. The molecule has 2 N–H and O–H groups in total. The van der Waals surface area contributed by atoms with Crippen LogP contribution in [0.15, 0.2) is 18.2 Å². The van der Waals surface area contributed by atoms with Crippen molar-refractivity contribution in [2.24, 2.45) is 0 Å². The molecule has 0 spiro atoms. The molecule has 1 saturated heterocycles. The molecule has 0 amide bonds. The van der Waals surface area contributed by atoms with Gasteiger partial charge in [-0.2, -0.15) is 0 Å². The largest absolute Gasteiger partial charge is 0.508 e. The number of benzene rings is 1. The van der Waals surface area contributed by atoms with Crippen molar-refractivity contribution in [1.29, 1.82) is 0 Å². The maximum atomic E-state index is 9.70. The zero-order valence-corrected chi connectivity index (χ0v) is 9.86. The molecule has 0 aliphatic carbocycles. The Balaban J connectivity index is 2.25. The molecule has 0 aromatic heterocycles. The fraction of sp³-hybridized carbons (Fsp3) is 0.538.